The van der Waals surface area contributed by atoms with Crippen LogP contribution in [0.5, 0.6) is 0 Å². The molecule has 2 aliphatic heterocycles. The van der Waals surface area contributed by atoms with Crippen LogP contribution >= 0.6 is 0 Å². The Hall–Kier alpha value is -1.63. The van der Waals surface area contributed by atoms with E-state index in [2.05, 4.69) is 4.98 Å². The number of ether oxygens (including phenoxy) is 1. The van der Waals surface area contributed by atoms with Crippen molar-refractivity contribution in [3.63, 3.8) is 0 Å². The number of nitrogens with zero attached hydrogens (tertiary/aromatic N) is 2. The van der Waals surface area contributed by atoms with E-state index >= 15 is 0 Å². The van der Waals surface area contributed by atoms with Gasteiger partial charge >= 0.3 is 6.18 Å². The zero-order valence-corrected chi connectivity index (χ0v) is 12.2. The van der Waals surface area contributed by atoms with E-state index in [0.717, 1.165) is 18.9 Å². The highest BCUT2D eigenvalue weighted by Gasteiger charge is 2.45. The minimum absolute atomic E-state index is 0.0994. The average Bonchev–Trinajstić information content (AvgIpc) is 2.44. The van der Waals surface area contributed by atoms with Crippen LogP contribution in [0.2, 0.25) is 0 Å². The Bertz CT molecular complexity index is 587. The fraction of sp³-hybridized carbons (Fsp3) is 0.600. The summed E-state index contributed by atoms with van der Waals surface area (Å²) in [5, 5.41) is 0. The monoisotopic (exact) mass is 314 g/mol. The first-order valence-corrected chi connectivity index (χ1v) is 7.23. The summed E-state index contributed by atoms with van der Waals surface area (Å²) in [6.07, 6.45) is -2.71. The minimum atomic E-state index is -4.51. The second-order valence-corrected chi connectivity index (χ2v) is 6.09. The maximum Gasteiger partial charge on any atom is 0.433 e. The van der Waals surface area contributed by atoms with E-state index < -0.39 is 11.9 Å². The number of Topliss-reactive ketones (excluding diaryl/α,β-unsaturated/α-hetero) is 1. The molecule has 1 spiro atoms. The smallest absolute Gasteiger partial charge is 0.381 e. The standard InChI is InChI=1S/C15H17F3N2O2/c1-10(21)11-2-3-12(15(16,17)18)19-13(11)20-8-14(9-20)4-6-22-7-5-14/h2-3H,4-9H2,1H3. The van der Waals surface area contributed by atoms with Crippen molar-refractivity contribution in [2.24, 2.45) is 5.41 Å². The summed E-state index contributed by atoms with van der Waals surface area (Å²) in [5.41, 5.74) is -0.613. The second kappa shape index (κ2) is 5.22. The van der Waals surface area contributed by atoms with E-state index in [0.29, 0.717) is 26.3 Å². The first-order chi connectivity index (χ1) is 10.3. The van der Waals surface area contributed by atoms with Gasteiger partial charge in [-0.25, -0.2) is 4.98 Å². The van der Waals surface area contributed by atoms with Crippen LogP contribution < -0.4 is 4.90 Å². The number of hydrogen-bond donors (Lipinski definition) is 0. The number of pyridine rings is 1. The van der Waals surface area contributed by atoms with E-state index in [4.69, 9.17) is 4.74 Å². The molecule has 0 aliphatic carbocycles. The van der Waals surface area contributed by atoms with Crippen molar-refractivity contribution in [3.8, 4) is 0 Å². The number of ketones is 1. The lowest BCUT2D eigenvalue weighted by molar-refractivity contribution is -0.141. The molecule has 3 rings (SSSR count). The number of halogens is 3. The number of aromatic nitrogens is 1. The van der Waals surface area contributed by atoms with Gasteiger partial charge in [0.1, 0.15) is 11.5 Å². The van der Waals surface area contributed by atoms with Crippen LogP contribution in [-0.2, 0) is 10.9 Å². The lowest BCUT2D eigenvalue weighted by atomic mass is 9.73. The molecule has 0 aromatic carbocycles. The highest BCUT2D eigenvalue weighted by Crippen LogP contribution is 2.43. The van der Waals surface area contributed by atoms with Crippen molar-refractivity contribution < 1.29 is 22.7 Å². The van der Waals surface area contributed by atoms with Gasteiger partial charge in [-0.1, -0.05) is 0 Å². The summed E-state index contributed by atoms with van der Waals surface area (Å²) in [4.78, 5) is 17.2. The van der Waals surface area contributed by atoms with Crippen molar-refractivity contribution >= 4 is 11.6 Å². The summed E-state index contributed by atoms with van der Waals surface area (Å²) >= 11 is 0. The molecule has 120 valence electrons. The molecule has 4 nitrogen and oxygen atoms in total. The van der Waals surface area contributed by atoms with Gasteiger partial charge in [0.05, 0.1) is 5.56 Å². The van der Waals surface area contributed by atoms with Gasteiger partial charge in [-0.2, -0.15) is 13.2 Å². The first kappa shape index (κ1) is 15.3. The Kier molecular flexibility index (Phi) is 3.63. The van der Waals surface area contributed by atoms with Gasteiger partial charge in [0.2, 0.25) is 0 Å². The second-order valence-electron chi connectivity index (χ2n) is 6.09. The summed E-state index contributed by atoms with van der Waals surface area (Å²) in [7, 11) is 0. The zero-order valence-electron chi connectivity index (χ0n) is 12.2. The Morgan fingerprint density at radius 3 is 2.45 bits per heavy atom. The lowest BCUT2D eigenvalue weighted by Crippen LogP contribution is -2.59. The average molecular weight is 314 g/mol. The van der Waals surface area contributed by atoms with Crippen LogP contribution in [-0.4, -0.2) is 37.1 Å². The van der Waals surface area contributed by atoms with Gasteiger partial charge in [-0.3, -0.25) is 4.79 Å². The van der Waals surface area contributed by atoms with E-state index in [1.54, 1.807) is 4.90 Å². The zero-order chi connectivity index (χ0) is 16.0. The predicted octanol–water partition coefficient (Wildman–Crippen LogP) is 2.92. The third-order valence-electron chi connectivity index (χ3n) is 4.45. The Morgan fingerprint density at radius 2 is 1.91 bits per heavy atom. The van der Waals surface area contributed by atoms with Gasteiger partial charge in [0, 0.05) is 31.7 Å². The molecule has 0 N–H and O–H groups in total. The van der Waals surface area contributed by atoms with Gasteiger partial charge in [-0.15, -0.1) is 0 Å². The maximum atomic E-state index is 12.9. The molecule has 2 fully saturated rings. The largest absolute Gasteiger partial charge is 0.433 e. The molecule has 2 saturated heterocycles. The molecule has 0 unspecified atom stereocenters. The quantitative estimate of drug-likeness (QED) is 0.787. The number of carbonyl (C=O) groups is 1. The Labute approximate surface area is 126 Å². The highest BCUT2D eigenvalue weighted by molar-refractivity contribution is 5.99. The number of rotatable bonds is 2. The van der Waals surface area contributed by atoms with Crippen LogP contribution in [0.25, 0.3) is 0 Å². The normalized spacial score (nSPS) is 20.8. The number of carbonyl (C=O) groups excluding carboxylic acids is 1. The summed E-state index contributed by atoms with van der Waals surface area (Å²) < 4.78 is 43.9. The molecule has 3 heterocycles. The van der Waals surface area contributed by atoms with Crippen LogP contribution in [0.1, 0.15) is 35.8 Å². The van der Waals surface area contributed by atoms with Crippen molar-refractivity contribution in [3.05, 3.63) is 23.4 Å². The van der Waals surface area contributed by atoms with Crippen LogP contribution in [0.3, 0.4) is 0 Å². The van der Waals surface area contributed by atoms with E-state index in [9.17, 15) is 18.0 Å². The number of alkyl halides is 3. The molecule has 0 atom stereocenters. The summed E-state index contributed by atoms with van der Waals surface area (Å²) in [6.45, 7) is 3.97. The van der Waals surface area contributed by atoms with Crippen LogP contribution in [0, 0.1) is 5.41 Å². The lowest BCUT2D eigenvalue weighted by Gasteiger charge is -2.53. The molecule has 0 saturated carbocycles. The molecule has 22 heavy (non-hydrogen) atoms. The minimum Gasteiger partial charge on any atom is -0.381 e. The summed E-state index contributed by atoms with van der Waals surface area (Å²) in [5.74, 6) is -0.122. The third-order valence-corrected chi connectivity index (χ3v) is 4.45. The molecule has 1 aromatic rings. The topological polar surface area (TPSA) is 42.4 Å². The summed E-state index contributed by atoms with van der Waals surface area (Å²) in [6, 6.07) is 2.09. The van der Waals surface area contributed by atoms with Gasteiger partial charge < -0.3 is 9.64 Å². The van der Waals surface area contributed by atoms with Gasteiger partial charge in [0.15, 0.2) is 5.78 Å². The van der Waals surface area contributed by atoms with Crippen molar-refractivity contribution in [2.45, 2.75) is 25.9 Å². The SMILES string of the molecule is CC(=O)c1ccc(C(F)(F)F)nc1N1CC2(CCOCC2)C1. The number of anilines is 1. The molecule has 0 bridgehead atoms. The van der Waals surface area contributed by atoms with Gasteiger partial charge in [-0.05, 0) is 31.9 Å². The van der Waals surface area contributed by atoms with Crippen molar-refractivity contribution in [2.75, 3.05) is 31.2 Å². The van der Waals surface area contributed by atoms with Crippen LogP contribution in [0.4, 0.5) is 19.0 Å². The van der Waals surface area contributed by atoms with Crippen molar-refractivity contribution in [1.29, 1.82) is 0 Å². The Morgan fingerprint density at radius 1 is 1.27 bits per heavy atom. The molecular weight excluding hydrogens is 297 g/mol. The van der Waals surface area contributed by atoms with Crippen LogP contribution in [0.15, 0.2) is 12.1 Å². The fourth-order valence-corrected chi connectivity index (χ4v) is 3.16. The van der Waals surface area contributed by atoms with Gasteiger partial charge in [0.25, 0.3) is 0 Å². The van der Waals surface area contributed by atoms with Crippen molar-refractivity contribution in [1.82, 2.24) is 4.98 Å². The van der Waals surface area contributed by atoms with E-state index in [1.165, 1.54) is 13.0 Å². The number of hydrogen-bond acceptors (Lipinski definition) is 4. The third kappa shape index (κ3) is 2.69. The molecule has 0 amide bonds. The molecule has 7 heteroatoms. The van der Waals surface area contributed by atoms with E-state index in [-0.39, 0.29) is 22.6 Å². The maximum absolute atomic E-state index is 12.9. The Balaban J connectivity index is 1.87. The molecular formula is C15H17F3N2O2. The van der Waals surface area contributed by atoms with E-state index in [1.807, 2.05) is 0 Å². The molecule has 1 aromatic heterocycles. The predicted molar refractivity (Wildman–Crippen MR) is 73.9 cm³/mol. The molecule has 2 aliphatic rings. The molecule has 0 radical (unpaired) electrons. The highest BCUT2D eigenvalue weighted by atomic mass is 19.4. The first-order valence-electron chi connectivity index (χ1n) is 7.23. The fourth-order valence-electron chi connectivity index (χ4n) is 3.16.